The van der Waals surface area contributed by atoms with Crippen molar-refractivity contribution >= 4 is 10.0 Å². The first-order valence-corrected chi connectivity index (χ1v) is 9.04. The predicted molar refractivity (Wildman–Crippen MR) is 83.4 cm³/mol. The Morgan fingerprint density at radius 3 is 2.45 bits per heavy atom. The highest BCUT2D eigenvalue weighted by atomic mass is 32.2. The summed E-state index contributed by atoms with van der Waals surface area (Å²) in [4.78, 5) is 0.374. The first kappa shape index (κ1) is 15.9. The molecular formula is C16H23NO4S. The van der Waals surface area contributed by atoms with E-state index in [0.717, 1.165) is 24.0 Å². The predicted octanol–water partition coefficient (Wildman–Crippen LogP) is 1.87. The van der Waals surface area contributed by atoms with E-state index in [1.54, 1.807) is 19.2 Å². The number of hydrogen-bond donors (Lipinski definition) is 0. The van der Waals surface area contributed by atoms with Crippen LogP contribution in [0.15, 0.2) is 23.1 Å². The number of aryl methyl sites for hydroxylation is 2. The highest BCUT2D eigenvalue weighted by molar-refractivity contribution is 7.89. The molecule has 1 atom stereocenters. The first-order valence-electron chi connectivity index (χ1n) is 7.60. The lowest BCUT2D eigenvalue weighted by Gasteiger charge is -2.52. The Hall–Kier alpha value is -0.950. The summed E-state index contributed by atoms with van der Waals surface area (Å²) >= 11 is 0. The molecule has 1 aromatic carbocycles. The monoisotopic (exact) mass is 325 g/mol. The minimum absolute atomic E-state index is 0.166. The van der Waals surface area contributed by atoms with Gasteiger partial charge in [0.2, 0.25) is 10.0 Å². The van der Waals surface area contributed by atoms with E-state index in [-0.39, 0.29) is 11.7 Å². The first-order chi connectivity index (χ1) is 10.3. The third kappa shape index (κ3) is 2.80. The molecule has 2 aliphatic rings. The van der Waals surface area contributed by atoms with Crippen LogP contribution in [0.1, 0.15) is 24.0 Å². The molecule has 1 unspecified atom stereocenters. The van der Waals surface area contributed by atoms with E-state index in [1.165, 1.54) is 4.31 Å². The van der Waals surface area contributed by atoms with Crippen LogP contribution in [0.2, 0.25) is 0 Å². The Kier molecular flexibility index (Phi) is 4.05. The number of sulfonamides is 1. The van der Waals surface area contributed by atoms with Gasteiger partial charge in [-0.1, -0.05) is 6.07 Å². The van der Waals surface area contributed by atoms with Crippen molar-refractivity contribution in [2.45, 2.75) is 43.3 Å². The lowest BCUT2D eigenvalue weighted by Crippen LogP contribution is -2.67. The molecule has 0 N–H and O–H groups in total. The zero-order chi connectivity index (χ0) is 16.0. The topological polar surface area (TPSA) is 55.8 Å². The van der Waals surface area contributed by atoms with Crippen molar-refractivity contribution in [3.05, 3.63) is 29.3 Å². The molecule has 0 aromatic heterocycles. The molecule has 0 aliphatic carbocycles. The SMILES string of the molecule is COC1CCOC2(C1)CN(S(=O)(=O)c1cc(C)cc(C)c1)C2. The standard InChI is InChI=1S/C16H23NO4S/c1-12-6-13(2)8-15(7-12)22(18,19)17-10-16(11-17)9-14(20-3)4-5-21-16/h6-8,14H,4-5,9-11H2,1-3H3. The Morgan fingerprint density at radius 1 is 1.23 bits per heavy atom. The Balaban J connectivity index is 1.76. The zero-order valence-corrected chi connectivity index (χ0v) is 14.1. The summed E-state index contributed by atoms with van der Waals surface area (Å²) < 4.78 is 38.3. The average Bonchev–Trinajstić information content (AvgIpc) is 2.43. The quantitative estimate of drug-likeness (QED) is 0.851. The van der Waals surface area contributed by atoms with Crippen molar-refractivity contribution in [1.82, 2.24) is 4.31 Å². The molecule has 3 rings (SSSR count). The number of ether oxygens (including phenoxy) is 2. The summed E-state index contributed by atoms with van der Waals surface area (Å²) in [5.41, 5.74) is 1.56. The van der Waals surface area contributed by atoms with E-state index in [2.05, 4.69) is 0 Å². The van der Waals surface area contributed by atoms with Crippen molar-refractivity contribution in [3.63, 3.8) is 0 Å². The molecule has 1 aromatic rings. The molecule has 2 heterocycles. The van der Waals surface area contributed by atoms with Crippen LogP contribution >= 0.6 is 0 Å². The van der Waals surface area contributed by atoms with Gasteiger partial charge in [-0.05, 0) is 43.5 Å². The number of rotatable bonds is 3. The van der Waals surface area contributed by atoms with E-state index in [4.69, 9.17) is 9.47 Å². The van der Waals surface area contributed by atoms with Gasteiger partial charge in [-0.15, -0.1) is 0 Å². The molecule has 22 heavy (non-hydrogen) atoms. The van der Waals surface area contributed by atoms with Crippen LogP contribution in [-0.4, -0.2) is 51.2 Å². The van der Waals surface area contributed by atoms with Crippen molar-refractivity contribution in [3.8, 4) is 0 Å². The van der Waals surface area contributed by atoms with Gasteiger partial charge in [0.05, 0.1) is 16.6 Å². The summed E-state index contributed by atoms with van der Waals surface area (Å²) in [5, 5.41) is 0. The molecule has 2 fully saturated rings. The highest BCUT2D eigenvalue weighted by Crippen LogP contribution is 2.38. The summed E-state index contributed by atoms with van der Waals surface area (Å²) in [5.74, 6) is 0. The number of methoxy groups -OCH3 is 1. The van der Waals surface area contributed by atoms with Crippen LogP contribution in [0.5, 0.6) is 0 Å². The molecule has 1 spiro atoms. The third-order valence-corrected chi connectivity index (χ3v) is 6.31. The van der Waals surface area contributed by atoms with Crippen LogP contribution in [0, 0.1) is 13.8 Å². The van der Waals surface area contributed by atoms with Gasteiger partial charge >= 0.3 is 0 Å². The summed E-state index contributed by atoms with van der Waals surface area (Å²) in [6.45, 7) is 5.30. The highest BCUT2D eigenvalue weighted by Gasteiger charge is 2.52. The molecule has 0 amide bonds. The Morgan fingerprint density at radius 2 is 1.86 bits per heavy atom. The van der Waals surface area contributed by atoms with Crippen LogP contribution in [0.3, 0.4) is 0 Å². The maximum absolute atomic E-state index is 12.7. The van der Waals surface area contributed by atoms with Crippen molar-refractivity contribution in [2.75, 3.05) is 26.8 Å². The van der Waals surface area contributed by atoms with Crippen LogP contribution in [0.4, 0.5) is 0 Å². The Bertz CT molecular complexity index is 644. The minimum Gasteiger partial charge on any atom is -0.381 e. The van der Waals surface area contributed by atoms with E-state index in [9.17, 15) is 8.42 Å². The normalized spacial score (nSPS) is 25.1. The van der Waals surface area contributed by atoms with E-state index >= 15 is 0 Å². The number of nitrogens with zero attached hydrogens (tertiary/aromatic N) is 1. The van der Waals surface area contributed by atoms with E-state index < -0.39 is 10.0 Å². The van der Waals surface area contributed by atoms with E-state index in [1.807, 2.05) is 19.9 Å². The molecule has 2 saturated heterocycles. The fraction of sp³-hybridized carbons (Fsp3) is 0.625. The minimum atomic E-state index is -3.43. The second-order valence-corrected chi connectivity index (χ2v) is 8.42. The van der Waals surface area contributed by atoms with Gasteiger partial charge < -0.3 is 9.47 Å². The van der Waals surface area contributed by atoms with Gasteiger partial charge in [-0.3, -0.25) is 0 Å². The zero-order valence-electron chi connectivity index (χ0n) is 13.3. The smallest absolute Gasteiger partial charge is 0.243 e. The van der Waals surface area contributed by atoms with Gasteiger partial charge in [0.15, 0.2) is 0 Å². The molecule has 122 valence electrons. The van der Waals surface area contributed by atoms with Crippen molar-refractivity contribution in [1.29, 1.82) is 0 Å². The van der Waals surface area contributed by atoms with Gasteiger partial charge in [0.25, 0.3) is 0 Å². The van der Waals surface area contributed by atoms with Crippen LogP contribution in [0.25, 0.3) is 0 Å². The number of hydrogen-bond acceptors (Lipinski definition) is 4. The maximum Gasteiger partial charge on any atom is 0.243 e. The molecule has 2 aliphatic heterocycles. The van der Waals surface area contributed by atoms with Crippen LogP contribution < -0.4 is 0 Å². The molecule has 0 saturated carbocycles. The molecule has 0 radical (unpaired) electrons. The van der Waals surface area contributed by atoms with Crippen LogP contribution in [-0.2, 0) is 19.5 Å². The lowest BCUT2D eigenvalue weighted by atomic mass is 9.86. The van der Waals surface area contributed by atoms with Gasteiger partial charge in [0.1, 0.15) is 0 Å². The van der Waals surface area contributed by atoms with Gasteiger partial charge in [0, 0.05) is 33.2 Å². The van der Waals surface area contributed by atoms with Gasteiger partial charge in [-0.2, -0.15) is 4.31 Å². The van der Waals surface area contributed by atoms with Crippen molar-refractivity contribution < 1.29 is 17.9 Å². The molecule has 5 nitrogen and oxygen atoms in total. The number of benzene rings is 1. The molecule has 0 bridgehead atoms. The largest absolute Gasteiger partial charge is 0.381 e. The fourth-order valence-corrected chi connectivity index (χ4v) is 5.18. The maximum atomic E-state index is 12.7. The Labute approximate surface area is 132 Å². The second-order valence-electron chi connectivity index (χ2n) is 6.48. The fourth-order valence-electron chi connectivity index (χ4n) is 3.40. The summed E-state index contributed by atoms with van der Waals surface area (Å²) in [7, 11) is -1.73. The van der Waals surface area contributed by atoms with Crippen molar-refractivity contribution in [2.24, 2.45) is 0 Å². The van der Waals surface area contributed by atoms with E-state index in [0.29, 0.717) is 24.6 Å². The third-order valence-electron chi connectivity index (χ3n) is 4.54. The lowest BCUT2D eigenvalue weighted by molar-refractivity contribution is -0.173. The average molecular weight is 325 g/mol. The summed E-state index contributed by atoms with van der Waals surface area (Å²) in [6, 6.07) is 5.43. The molecule has 6 heteroatoms. The molecular weight excluding hydrogens is 302 g/mol. The summed E-state index contributed by atoms with van der Waals surface area (Å²) in [6.07, 6.45) is 1.81. The second kappa shape index (κ2) is 5.60. The van der Waals surface area contributed by atoms with Gasteiger partial charge in [-0.25, -0.2) is 8.42 Å².